The predicted octanol–water partition coefficient (Wildman–Crippen LogP) is 5.64. The molecule has 8 heteroatoms. The van der Waals surface area contributed by atoms with Crippen molar-refractivity contribution < 1.29 is 28.5 Å². The van der Waals surface area contributed by atoms with Crippen molar-refractivity contribution in [1.29, 1.82) is 0 Å². The maximum absolute atomic E-state index is 13.5. The van der Waals surface area contributed by atoms with Gasteiger partial charge in [0.2, 0.25) is 5.91 Å². The lowest BCUT2D eigenvalue weighted by atomic mass is 9.97. The molecule has 1 aliphatic rings. The van der Waals surface area contributed by atoms with E-state index in [1.165, 1.54) is 6.26 Å². The van der Waals surface area contributed by atoms with E-state index in [-0.39, 0.29) is 19.8 Å². The Morgan fingerprint density at radius 1 is 0.651 bits per heavy atom. The predicted molar refractivity (Wildman–Crippen MR) is 161 cm³/mol. The van der Waals surface area contributed by atoms with Gasteiger partial charge >= 0.3 is 6.09 Å². The molecule has 220 valence electrons. The van der Waals surface area contributed by atoms with Crippen molar-refractivity contribution in [2.75, 3.05) is 0 Å². The molecule has 0 radical (unpaired) electrons. The van der Waals surface area contributed by atoms with Crippen LogP contribution in [0.5, 0.6) is 0 Å². The Morgan fingerprint density at radius 3 is 1.65 bits per heavy atom. The summed E-state index contributed by atoms with van der Waals surface area (Å²) in [6.45, 7) is 0.796. The number of benzene rings is 4. The molecule has 1 heterocycles. The van der Waals surface area contributed by atoms with Crippen molar-refractivity contribution in [2.24, 2.45) is 0 Å². The first kappa shape index (κ1) is 29.6. The summed E-state index contributed by atoms with van der Waals surface area (Å²) in [6.07, 6.45) is -0.930. The summed E-state index contributed by atoms with van der Waals surface area (Å²) in [7, 11) is 0. The summed E-state index contributed by atoms with van der Waals surface area (Å²) in [5.74, 6) is -0.469. The normalized spacial score (nSPS) is 18.9. The lowest BCUT2D eigenvalue weighted by Crippen LogP contribution is -2.63. The minimum atomic E-state index is -1.10. The molecule has 1 aliphatic heterocycles. The number of hydrogen-bond donors (Lipinski definition) is 2. The fraction of sp³-hybridized carbons (Fsp3) is 0.200. The van der Waals surface area contributed by atoms with E-state index in [0.29, 0.717) is 12.3 Å². The third kappa shape index (κ3) is 8.78. The molecule has 0 aliphatic carbocycles. The highest BCUT2D eigenvalue weighted by molar-refractivity contribution is 5.89. The zero-order valence-electron chi connectivity index (χ0n) is 23.6. The molecule has 0 spiro atoms. The first-order valence-electron chi connectivity index (χ1n) is 14.1. The fourth-order valence-corrected chi connectivity index (χ4v) is 4.63. The summed E-state index contributed by atoms with van der Waals surface area (Å²) in [6, 6.07) is 37.2. The van der Waals surface area contributed by atoms with E-state index >= 15 is 0 Å². The molecule has 0 bridgehead atoms. The monoisotopic (exact) mass is 578 g/mol. The van der Waals surface area contributed by atoms with Gasteiger partial charge in [-0.3, -0.25) is 4.79 Å². The smallest absolute Gasteiger partial charge is 0.408 e. The summed E-state index contributed by atoms with van der Waals surface area (Å²) in [5.41, 5.74) is 4.04. The van der Waals surface area contributed by atoms with E-state index in [9.17, 15) is 9.59 Å². The lowest BCUT2D eigenvalue weighted by Gasteiger charge is -2.38. The number of alkyl carbamates (subject to hydrolysis) is 1. The molecule has 4 aromatic carbocycles. The van der Waals surface area contributed by atoms with Gasteiger partial charge in [-0.05, 0) is 22.3 Å². The maximum atomic E-state index is 13.5. The van der Waals surface area contributed by atoms with Crippen molar-refractivity contribution >= 4 is 12.0 Å². The molecule has 2 amide bonds. The van der Waals surface area contributed by atoms with E-state index in [1.807, 2.05) is 121 Å². The van der Waals surface area contributed by atoms with Crippen LogP contribution in [0, 0.1) is 0 Å². The van der Waals surface area contributed by atoms with E-state index in [1.54, 1.807) is 0 Å². The van der Waals surface area contributed by atoms with E-state index < -0.39 is 30.3 Å². The fourth-order valence-electron chi connectivity index (χ4n) is 4.63. The minimum Gasteiger partial charge on any atom is -0.495 e. The van der Waals surface area contributed by atoms with Crippen LogP contribution in [0.3, 0.4) is 0 Å². The molecule has 5 rings (SSSR count). The molecule has 0 aromatic heterocycles. The van der Waals surface area contributed by atoms with Crippen LogP contribution in [0.25, 0.3) is 0 Å². The molecule has 43 heavy (non-hydrogen) atoms. The number of piperidine rings is 1. The van der Waals surface area contributed by atoms with Gasteiger partial charge in [-0.2, -0.15) is 0 Å². The van der Waals surface area contributed by atoms with Crippen LogP contribution >= 0.6 is 0 Å². The second kappa shape index (κ2) is 15.3. The maximum Gasteiger partial charge on any atom is 0.408 e. The molecule has 1 fully saturated rings. The quantitative estimate of drug-likeness (QED) is 0.211. The Hall–Kier alpha value is -4.92. The average Bonchev–Trinajstić information content (AvgIpc) is 3.05. The van der Waals surface area contributed by atoms with Crippen molar-refractivity contribution in [1.82, 2.24) is 10.6 Å². The Morgan fingerprint density at radius 2 is 1.12 bits per heavy atom. The molecule has 1 saturated heterocycles. The summed E-state index contributed by atoms with van der Waals surface area (Å²) in [5, 5.41) is 5.58. The zero-order chi connectivity index (χ0) is 29.7. The van der Waals surface area contributed by atoms with E-state index in [4.69, 9.17) is 18.9 Å². The van der Waals surface area contributed by atoms with E-state index in [2.05, 4.69) is 10.6 Å². The SMILES string of the molecule is O=C(N[C@H]1C(=O)N/C(=C/OCc2ccccc2)[C@H](OCc2ccccc2)[C@H]1OCc1ccccc1)OCc1ccccc1. The van der Waals surface area contributed by atoms with Gasteiger partial charge < -0.3 is 29.6 Å². The van der Waals surface area contributed by atoms with Crippen molar-refractivity contribution in [2.45, 2.75) is 44.7 Å². The zero-order valence-corrected chi connectivity index (χ0v) is 23.6. The van der Waals surface area contributed by atoms with Crippen molar-refractivity contribution in [3.8, 4) is 0 Å². The average molecular weight is 579 g/mol. The molecule has 2 N–H and O–H groups in total. The Kier molecular flexibility index (Phi) is 10.6. The first-order chi connectivity index (χ1) is 21.2. The Labute approximate surface area is 251 Å². The number of rotatable bonds is 12. The van der Waals surface area contributed by atoms with Crippen LogP contribution in [0.1, 0.15) is 22.3 Å². The second-order valence-corrected chi connectivity index (χ2v) is 10.0. The standard InChI is InChI=1S/C35H34N2O6/c38-34-31(37-35(39)43-24-29-19-11-4-12-20-29)33(42-23-28-17-9-3-10-18-28)32(41-22-27-15-7-2-8-16-27)30(36-34)25-40-21-26-13-5-1-6-14-26/h1-20,25,31-33H,21-24H2,(H,36,38)(H,37,39)/b30-25+/t31-,32+,33+/m1/s1. The van der Waals surface area contributed by atoms with Crippen LogP contribution < -0.4 is 10.6 Å². The molecule has 8 nitrogen and oxygen atoms in total. The number of amides is 2. The largest absolute Gasteiger partial charge is 0.495 e. The molecular weight excluding hydrogens is 544 g/mol. The highest BCUT2D eigenvalue weighted by Gasteiger charge is 2.45. The van der Waals surface area contributed by atoms with Gasteiger partial charge in [0.15, 0.2) is 0 Å². The minimum absolute atomic E-state index is 0.0585. The number of ether oxygens (including phenoxy) is 4. The topological polar surface area (TPSA) is 95.1 Å². The highest BCUT2D eigenvalue weighted by atomic mass is 16.6. The van der Waals surface area contributed by atoms with Crippen LogP contribution in [0.4, 0.5) is 4.79 Å². The summed E-state index contributed by atoms with van der Waals surface area (Å²) >= 11 is 0. The molecule has 4 aromatic rings. The molecule has 3 atom stereocenters. The van der Waals surface area contributed by atoms with Crippen LogP contribution in [-0.4, -0.2) is 30.3 Å². The van der Waals surface area contributed by atoms with Crippen molar-refractivity contribution in [3.05, 3.63) is 156 Å². The molecular formula is C35H34N2O6. The van der Waals surface area contributed by atoms with Gasteiger partial charge in [-0.15, -0.1) is 0 Å². The van der Waals surface area contributed by atoms with Gasteiger partial charge in [-0.25, -0.2) is 4.79 Å². The van der Waals surface area contributed by atoms with Gasteiger partial charge in [0.05, 0.1) is 18.9 Å². The second-order valence-electron chi connectivity index (χ2n) is 10.0. The van der Waals surface area contributed by atoms with Gasteiger partial charge in [0.25, 0.3) is 0 Å². The van der Waals surface area contributed by atoms with E-state index in [0.717, 1.165) is 22.3 Å². The highest BCUT2D eigenvalue weighted by Crippen LogP contribution is 2.25. The molecule has 0 unspecified atom stereocenters. The number of carbonyl (C=O) groups is 2. The number of hydrogen-bond acceptors (Lipinski definition) is 6. The lowest BCUT2D eigenvalue weighted by molar-refractivity contribution is -0.141. The van der Waals surface area contributed by atoms with Crippen molar-refractivity contribution in [3.63, 3.8) is 0 Å². The van der Waals surface area contributed by atoms with Gasteiger partial charge in [0.1, 0.15) is 37.7 Å². The number of carbonyl (C=O) groups excluding carboxylic acids is 2. The van der Waals surface area contributed by atoms with Gasteiger partial charge in [0, 0.05) is 0 Å². The number of nitrogens with one attached hydrogen (secondary N) is 2. The van der Waals surface area contributed by atoms with Gasteiger partial charge in [-0.1, -0.05) is 121 Å². The summed E-state index contributed by atoms with van der Waals surface area (Å²) < 4.78 is 24.1. The van der Waals surface area contributed by atoms with Crippen LogP contribution in [0.2, 0.25) is 0 Å². The third-order valence-corrected chi connectivity index (χ3v) is 6.83. The van der Waals surface area contributed by atoms with Crippen LogP contribution in [0.15, 0.2) is 133 Å². The Balaban J connectivity index is 1.38. The Bertz CT molecular complexity index is 1470. The van der Waals surface area contributed by atoms with Crippen LogP contribution in [-0.2, 0) is 50.2 Å². The third-order valence-electron chi connectivity index (χ3n) is 6.83. The summed E-state index contributed by atoms with van der Waals surface area (Å²) in [4.78, 5) is 26.4. The first-order valence-corrected chi connectivity index (χ1v) is 14.1. The molecule has 0 saturated carbocycles.